The van der Waals surface area contributed by atoms with Crippen LogP contribution in [-0.2, 0) is 9.53 Å². The zero-order valence-electron chi connectivity index (χ0n) is 7.72. The van der Waals surface area contributed by atoms with E-state index in [0.717, 1.165) is 12.0 Å². The van der Waals surface area contributed by atoms with Gasteiger partial charge in [0.05, 0.1) is 6.10 Å². The molecule has 1 saturated heterocycles. The Morgan fingerprint density at radius 2 is 2.00 bits per heavy atom. The summed E-state index contributed by atoms with van der Waals surface area (Å²) >= 11 is 0. The minimum absolute atomic E-state index is 0.0442. The third kappa shape index (κ3) is 1.77. The van der Waals surface area contributed by atoms with Gasteiger partial charge in [-0.2, -0.15) is 0 Å². The van der Waals surface area contributed by atoms with Gasteiger partial charge in [-0.3, -0.25) is 0 Å². The van der Waals surface area contributed by atoms with Crippen LogP contribution in [0.15, 0.2) is 30.3 Å². The lowest BCUT2D eigenvalue weighted by atomic mass is 10.1. The SMILES string of the molecule is O=C(O)[C@H]1CC[C@@H](c2ccccc2)O1. The van der Waals surface area contributed by atoms with Gasteiger partial charge in [-0.25, -0.2) is 4.79 Å². The Kier molecular flexibility index (Phi) is 2.50. The van der Waals surface area contributed by atoms with E-state index >= 15 is 0 Å². The van der Waals surface area contributed by atoms with Gasteiger partial charge in [0, 0.05) is 0 Å². The molecule has 1 heterocycles. The standard InChI is InChI=1S/C11H12O3/c12-11(13)10-7-6-9(14-10)8-4-2-1-3-5-8/h1-5,9-10H,6-7H2,(H,12,13)/t9-,10+/m0/s1. The molecule has 74 valence electrons. The molecule has 1 aliphatic rings. The van der Waals surface area contributed by atoms with Crippen molar-refractivity contribution in [2.45, 2.75) is 25.0 Å². The molecule has 0 aromatic heterocycles. The largest absolute Gasteiger partial charge is 0.479 e. The van der Waals surface area contributed by atoms with Crippen molar-refractivity contribution in [3.8, 4) is 0 Å². The number of hydrogen-bond donors (Lipinski definition) is 1. The Morgan fingerprint density at radius 1 is 1.29 bits per heavy atom. The topological polar surface area (TPSA) is 46.5 Å². The fourth-order valence-corrected chi connectivity index (χ4v) is 1.73. The number of aliphatic carboxylic acids is 1. The van der Waals surface area contributed by atoms with E-state index in [1.165, 1.54) is 0 Å². The number of rotatable bonds is 2. The third-order valence-corrected chi connectivity index (χ3v) is 2.47. The van der Waals surface area contributed by atoms with Crippen molar-refractivity contribution in [3.05, 3.63) is 35.9 Å². The van der Waals surface area contributed by atoms with Gasteiger partial charge in [-0.15, -0.1) is 0 Å². The number of carboxylic acids is 1. The highest BCUT2D eigenvalue weighted by Crippen LogP contribution is 2.32. The second kappa shape index (κ2) is 3.80. The highest BCUT2D eigenvalue weighted by atomic mass is 16.5. The van der Waals surface area contributed by atoms with Crippen LogP contribution in [0.3, 0.4) is 0 Å². The average Bonchev–Trinajstić information content (AvgIpc) is 2.68. The molecule has 0 unspecified atom stereocenters. The summed E-state index contributed by atoms with van der Waals surface area (Å²) in [5.41, 5.74) is 1.07. The predicted molar refractivity (Wildman–Crippen MR) is 50.9 cm³/mol. The molecule has 0 bridgehead atoms. The summed E-state index contributed by atoms with van der Waals surface area (Å²) in [7, 11) is 0. The van der Waals surface area contributed by atoms with Gasteiger partial charge < -0.3 is 9.84 Å². The molecule has 1 aromatic carbocycles. The minimum atomic E-state index is -0.858. The van der Waals surface area contributed by atoms with Gasteiger partial charge in [0.1, 0.15) is 0 Å². The van der Waals surface area contributed by atoms with Crippen LogP contribution in [0.1, 0.15) is 24.5 Å². The van der Waals surface area contributed by atoms with Crippen LogP contribution in [0.5, 0.6) is 0 Å². The van der Waals surface area contributed by atoms with Crippen LogP contribution in [0.2, 0.25) is 0 Å². The number of ether oxygens (including phenoxy) is 1. The molecule has 0 spiro atoms. The van der Waals surface area contributed by atoms with Gasteiger partial charge in [0.25, 0.3) is 0 Å². The summed E-state index contributed by atoms with van der Waals surface area (Å²) in [5.74, 6) is -0.858. The maximum atomic E-state index is 10.7. The molecule has 0 radical (unpaired) electrons. The summed E-state index contributed by atoms with van der Waals surface area (Å²) in [5, 5.41) is 8.75. The van der Waals surface area contributed by atoms with Crippen LogP contribution in [0, 0.1) is 0 Å². The van der Waals surface area contributed by atoms with Crippen molar-refractivity contribution in [1.29, 1.82) is 0 Å². The molecule has 0 aliphatic carbocycles. The molecular weight excluding hydrogens is 180 g/mol. The quantitative estimate of drug-likeness (QED) is 0.779. The van der Waals surface area contributed by atoms with Gasteiger partial charge in [0.2, 0.25) is 0 Å². The number of carboxylic acid groups (broad SMARTS) is 1. The summed E-state index contributed by atoms with van der Waals surface area (Å²) in [6.45, 7) is 0. The number of hydrogen-bond acceptors (Lipinski definition) is 2. The fraction of sp³-hybridized carbons (Fsp3) is 0.364. The smallest absolute Gasteiger partial charge is 0.332 e. The number of benzene rings is 1. The van der Waals surface area contributed by atoms with Crippen molar-refractivity contribution in [1.82, 2.24) is 0 Å². The maximum Gasteiger partial charge on any atom is 0.332 e. The van der Waals surface area contributed by atoms with Crippen LogP contribution in [0.25, 0.3) is 0 Å². The summed E-state index contributed by atoms with van der Waals surface area (Å²) < 4.78 is 5.41. The molecule has 1 aromatic rings. The lowest BCUT2D eigenvalue weighted by Gasteiger charge is -2.10. The van der Waals surface area contributed by atoms with Crippen molar-refractivity contribution in [3.63, 3.8) is 0 Å². The van der Waals surface area contributed by atoms with E-state index in [1.807, 2.05) is 30.3 Å². The second-order valence-electron chi connectivity index (χ2n) is 3.44. The molecule has 14 heavy (non-hydrogen) atoms. The van der Waals surface area contributed by atoms with Crippen molar-refractivity contribution < 1.29 is 14.6 Å². The highest BCUT2D eigenvalue weighted by Gasteiger charge is 2.30. The normalized spacial score (nSPS) is 26.3. The Balaban J connectivity index is 2.06. The highest BCUT2D eigenvalue weighted by molar-refractivity contribution is 5.72. The first kappa shape index (κ1) is 9.21. The average molecular weight is 192 g/mol. The molecule has 2 atom stereocenters. The van der Waals surface area contributed by atoms with E-state index < -0.39 is 12.1 Å². The molecule has 1 N–H and O–H groups in total. The molecule has 0 amide bonds. The predicted octanol–water partition coefficient (Wildman–Crippen LogP) is 1.99. The maximum absolute atomic E-state index is 10.7. The van der Waals surface area contributed by atoms with E-state index in [2.05, 4.69) is 0 Å². The lowest BCUT2D eigenvalue weighted by Crippen LogP contribution is -2.18. The Morgan fingerprint density at radius 3 is 2.57 bits per heavy atom. The molecule has 3 heteroatoms. The monoisotopic (exact) mass is 192 g/mol. The van der Waals surface area contributed by atoms with E-state index in [9.17, 15) is 4.79 Å². The Bertz CT molecular complexity index is 321. The van der Waals surface area contributed by atoms with Crippen LogP contribution >= 0.6 is 0 Å². The van der Waals surface area contributed by atoms with E-state index in [0.29, 0.717) is 6.42 Å². The first-order valence-electron chi connectivity index (χ1n) is 4.70. The first-order chi connectivity index (χ1) is 6.77. The molecule has 0 saturated carbocycles. The zero-order valence-corrected chi connectivity index (χ0v) is 7.72. The van der Waals surface area contributed by atoms with E-state index in [-0.39, 0.29) is 6.10 Å². The third-order valence-electron chi connectivity index (χ3n) is 2.47. The van der Waals surface area contributed by atoms with Gasteiger partial charge in [0.15, 0.2) is 6.10 Å². The second-order valence-corrected chi connectivity index (χ2v) is 3.44. The molecule has 1 aliphatic heterocycles. The van der Waals surface area contributed by atoms with Crippen molar-refractivity contribution >= 4 is 5.97 Å². The van der Waals surface area contributed by atoms with Crippen molar-refractivity contribution in [2.24, 2.45) is 0 Å². The Hall–Kier alpha value is -1.35. The summed E-state index contributed by atoms with van der Waals surface area (Å²) in [6, 6.07) is 9.75. The molecule has 3 nitrogen and oxygen atoms in total. The van der Waals surface area contributed by atoms with Crippen molar-refractivity contribution in [2.75, 3.05) is 0 Å². The zero-order chi connectivity index (χ0) is 9.97. The van der Waals surface area contributed by atoms with Gasteiger partial charge in [-0.05, 0) is 18.4 Å². The van der Waals surface area contributed by atoms with Crippen LogP contribution in [0.4, 0.5) is 0 Å². The lowest BCUT2D eigenvalue weighted by molar-refractivity contribution is -0.149. The fourth-order valence-electron chi connectivity index (χ4n) is 1.73. The van der Waals surface area contributed by atoms with Gasteiger partial charge in [-0.1, -0.05) is 30.3 Å². The number of carbonyl (C=O) groups is 1. The Labute approximate surface area is 82.3 Å². The van der Waals surface area contributed by atoms with Crippen LogP contribution in [-0.4, -0.2) is 17.2 Å². The van der Waals surface area contributed by atoms with E-state index in [1.54, 1.807) is 0 Å². The molecular formula is C11H12O3. The summed E-state index contributed by atoms with van der Waals surface area (Å²) in [4.78, 5) is 10.7. The molecule has 1 fully saturated rings. The van der Waals surface area contributed by atoms with Crippen LogP contribution < -0.4 is 0 Å². The molecule has 2 rings (SSSR count). The minimum Gasteiger partial charge on any atom is -0.479 e. The van der Waals surface area contributed by atoms with E-state index in [4.69, 9.17) is 9.84 Å². The summed E-state index contributed by atoms with van der Waals surface area (Å²) in [6.07, 6.45) is 0.730. The van der Waals surface area contributed by atoms with Gasteiger partial charge >= 0.3 is 5.97 Å². The first-order valence-corrected chi connectivity index (χ1v) is 4.70.